The zero-order chi connectivity index (χ0) is 13.8. The predicted octanol–water partition coefficient (Wildman–Crippen LogP) is 3.89. The summed E-state index contributed by atoms with van der Waals surface area (Å²) in [5, 5.41) is 0. The fourth-order valence-electron chi connectivity index (χ4n) is 1.87. The minimum Gasteiger partial charge on any atom is -0.497 e. The van der Waals surface area contributed by atoms with Gasteiger partial charge in [0.25, 0.3) is 0 Å². The maximum atomic E-state index is 5.27. The molecule has 0 bridgehead atoms. The normalized spacial score (nSPS) is 10.6. The quantitative estimate of drug-likeness (QED) is 0.832. The van der Waals surface area contributed by atoms with Gasteiger partial charge in [0, 0.05) is 17.8 Å². The smallest absolute Gasteiger partial charge is 0.123 e. The number of ether oxygens (including phenoxy) is 2. The molecular formula is C16H19NO2. The van der Waals surface area contributed by atoms with E-state index in [1.807, 2.05) is 30.5 Å². The van der Waals surface area contributed by atoms with Crippen molar-refractivity contribution in [1.29, 1.82) is 0 Å². The van der Waals surface area contributed by atoms with Gasteiger partial charge in [-0.05, 0) is 29.7 Å². The Hall–Kier alpha value is -2.03. The molecule has 0 aliphatic heterocycles. The van der Waals surface area contributed by atoms with Crippen LogP contribution in [0.3, 0.4) is 0 Å². The van der Waals surface area contributed by atoms with E-state index in [1.54, 1.807) is 14.2 Å². The molecule has 1 heterocycles. The number of rotatable bonds is 4. The summed E-state index contributed by atoms with van der Waals surface area (Å²) in [6, 6.07) is 9.91. The Morgan fingerprint density at radius 3 is 2.00 bits per heavy atom. The SMILES string of the molecule is COc1cc(OC)cc(-c2ccc(C(C)C)cn2)c1. The third-order valence-corrected chi connectivity index (χ3v) is 3.10. The molecule has 0 amide bonds. The first-order valence-corrected chi connectivity index (χ1v) is 6.33. The van der Waals surface area contributed by atoms with E-state index in [9.17, 15) is 0 Å². The highest BCUT2D eigenvalue weighted by Gasteiger charge is 2.06. The molecule has 100 valence electrons. The van der Waals surface area contributed by atoms with E-state index in [-0.39, 0.29) is 0 Å². The van der Waals surface area contributed by atoms with E-state index >= 15 is 0 Å². The largest absolute Gasteiger partial charge is 0.497 e. The van der Waals surface area contributed by atoms with Crippen LogP contribution >= 0.6 is 0 Å². The van der Waals surface area contributed by atoms with Gasteiger partial charge in [-0.2, -0.15) is 0 Å². The van der Waals surface area contributed by atoms with Gasteiger partial charge >= 0.3 is 0 Å². The van der Waals surface area contributed by atoms with Crippen molar-refractivity contribution in [2.45, 2.75) is 19.8 Å². The number of methoxy groups -OCH3 is 2. The van der Waals surface area contributed by atoms with Crippen molar-refractivity contribution >= 4 is 0 Å². The Morgan fingerprint density at radius 1 is 0.947 bits per heavy atom. The van der Waals surface area contributed by atoms with Crippen LogP contribution in [0.4, 0.5) is 0 Å². The number of pyridine rings is 1. The van der Waals surface area contributed by atoms with Crippen LogP contribution in [0.15, 0.2) is 36.5 Å². The number of hydrogen-bond acceptors (Lipinski definition) is 3. The molecule has 0 aliphatic rings. The van der Waals surface area contributed by atoms with E-state index in [2.05, 4.69) is 24.9 Å². The third kappa shape index (κ3) is 3.05. The Morgan fingerprint density at radius 2 is 1.58 bits per heavy atom. The molecule has 3 nitrogen and oxygen atoms in total. The van der Waals surface area contributed by atoms with Crippen LogP contribution in [0, 0.1) is 0 Å². The summed E-state index contributed by atoms with van der Waals surface area (Å²) in [6.07, 6.45) is 1.92. The molecular weight excluding hydrogens is 238 g/mol. The minimum atomic E-state index is 0.487. The van der Waals surface area contributed by atoms with E-state index < -0.39 is 0 Å². The topological polar surface area (TPSA) is 31.4 Å². The Bertz CT molecular complexity index is 525. The van der Waals surface area contributed by atoms with Crippen molar-refractivity contribution in [1.82, 2.24) is 4.98 Å². The number of nitrogens with zero attached hydrogens (tertiary/aromatic N) is 1. The predicted molar refractivity (Wildman–Crippen MR) is 76.9 cm³/mol. The van der Waals surface area contributed by atoms with Gasteiger partial charge in [0.15, 0.2) is 0 Å². The van der Waals surface area contributed by atoms with Crippen LogP contribution < -0.4 is 9.47 Å². The first kappa shape index (κ1) is 13.4. The van der Waals surface area contributed by atoms with Crippen LogP contribution in [0.2, 0.25) is 0 Å². The van der Waals surface area contributed by atoms with Gasteiger partial charge < -0.3 is 9.47 Å². The minimum absolute atomic E-state index is 0.487. The number of benzene rings is 1. The molecule has 0 unspecified atom stereocenters. The average Bonchev–Trinajstić information content (AvgIpc) is 2.46. The maximum absolute atomic E-state index is 5.27. The zero-order valence-electron chi connectivity index (χ0n) is 11.8. The molecule has 0 atom stereocenters. The highest BCUT2D eigenvalue weighted by Crippen LogP contribution is 2.29. The van der Waals surface area contributed by atoms with Crippen LogP contribution in [-0.2, 0) is 0 Å². The summed E-state index contributed by atoms with van der Waals surface area (Å²) in [4.78, 5) is 4.51. The van der Waals surface area contributed by atoms with Gasteiger partial charge in [0.1, 0.15) is 11.5 Å². The van der Waals surface area contributed by atoms with Gasteiger partial charge in [0.05, 0.1) is 19.9 Å². The molecule has 2 rings (SSSR count). The summed E-state index contributed by atoms with van der Waals surface area (Å²) in [6.45, 7) is 4.32. The first-order valence-electron chi connectivity index (χ1n) is 6.33. The molecule has 0 fully saturated rings. The average molecular weight is 257 g/mol. The third-order valence-electron chi connectivity index (χ3n) is 3.10. The Balaban J connectivity index is 2.40. The first-order chi connectivity index (χ1) is 9.13. The van der Waals surface area contributed by atoms with Crippen LogP contribution in [0.25, 0.3) is 11.3 Å². The lowest BCUT2D eigenvalue weighted by Gasteiger charge is -2.09. The van der Waals surface area contributed by atoms with Crippen molar-refractivity contribution in [3.8, 4) is 22.8 Å². The Labute approximate surface area is 114 Å². The van der Waals surface area contributed by atoms with Gasteiger partial charge in [-0.25, -0.2) is 0 Å². The molecule has 0 saturated carbocycles. The monoisotopic (exact) mass is 257 g/mol. The lowest BCUT2D eigenvalue weighted by molar-refractivity contribution is 0.394. The second-order valence-corrected chi connectivity index (χ2v) is 4.73. The molecule has 1 aromatic heterocycles. The summed E-state index contributed by atoms with van der Waals surface area (Å²) in [5.74, 6) is 2.02. The van der Waals surface area contributed by atoms with Gasteiger partial charge in [-0.15, -0.1) is 0 Å². The summed E-state index contributed by atoms with van der Waals surface area (Å²) in [7, 11) is 3.29. The van der Waals surface area contributed by atoms with Crippen molar-refractivity contribution in [2.24, 2.45) is 0 Å². The molecule has 0 N–H and O–H groups in total. The lowest BCUT2D eigenvalue weighted by Crippen LogP contribution is -1.92. The highest BCUT2D eigenvalue weighted by molar-refractivity contribution is 5.64. The van der Waals surface area contributed by atoms with E-state index in [0.29, 0.717) is 5.92 Å². The van der Waals surface area contributed by atoms with E-state index in [1.165, 1.54) is 5.56 Å². The number of hydrogen-bond donors (Lipinski definition) is 0. The molecule has 0 radical (unpaired) electrons. The van der Waals surface area contributed by atoms with Crippen molar-refractivity contribution in [2.75, 3.05) is 14.2 Å². The molecule has 0 aliphatic carbocycles. The molecule has 2 aromatic rings. The van der Waals surface area contributed by atoms with Gasteiger partial charge in [-0.1, -0.05) is 19.9 Å². The summed E-state index contributed by atoms with van der Waals surface area (Å²) in [5.41, 5.74) is 3.15. The number of aromatic nitrogens is 1. The lowest BCUT2D eigenvalue weighted by atomic mass is 10.0. The van der Waals surface area contributed by atoms with E-state index in [0.717, 1.165) is 22.8 Å². The van der Waals surface area contributed by atoms with Crippen LogP contribution in [0.5, 0.6) is 11.5 Å². The van der Waals surface area contributed by atoms with Crippen LogP contribution in [0.1, 0.15) is 25.3 Å². The molecule has 0 saturated heterocycles. The van der Waals surface area contributed by atoms with Gasteiger partial charge in [0.2, 0.25) is 0 Å². The summed E-state index contributed by atoms with van der Waals surface area (Å²) < 4.78 is 10.5. The standard InChI is InChI=1S/C16H19NO2/c1-11(2)12-5-6-16(17-10-12)13-7-14(18-3)9-15(8-13)19-4/h5-11H,1-4H3. The van der Waals surface area contributed by atoms with Gasteiger partial charge in [-0.3, -0.25) is 4.98 Å². The Kier molecular flexibility index (Phi) is 4.05. The van der Waals surface area contributed by atoms with Crippen molar-refractivity contribution < 1.29 is 9.47 Å². The van der Waals surface area contributed by atoms with Crippen LogP contribution in [-0.4, -0.2) is 19.2 Å². The molecule has 1 aromatic carbocycles. The van der Waals surface area contributed by atoms with Crippen molar-refractivity contribution in [3.05, 3.63) is 42.1 Å². The highest BCUT2D eigenvalue weighted by atomic mass is 16.5. The molecule has 0 spiro atoms. The second-order valence-electron chi connectivity index (χ2n) is 4.73. The fraction of sp³-hybridized carbons (Fsp3) is 0.312. The summed E-state index contributed by atoms with van der Waals surface area (Å²) >= 11 is 0. The second kappa shape index (κ2) is 5.74. The fourth-order valence-corrected chi connectivity index (χ4v) is 1.87. The maximum Gasteiger partial charge on any atom is 0.123 e. The zero-order valence-corrected chi connectivity index (χ0v) is 11.8. The molecule has 3 heteroatoms. The molecule has 19 heavy (non-hydrogen) atoms. The van der Waals surface area contributed by atoms with E-state index in [4.69, 9.17) is 9.47 Å². The van der Waals surface area contributed by atoms with Crippen molar-refractivity contribution in [3.63, 3.8) is 0 Å².